The molecule has 3 aromatic rings. The van der Waals surface area contributed by atoms with E-state index in [9.17, 15) is 14.4 Å². The van der Waals surface area contributed by atoms with Gasteiger partial charge in [0.2, 0.25) is 5.91 Å². The maximum Gasteiger partial charge on any atom is 0.339 e. The molecule has 10 heteroatoms. The number of nitrogens with one attached hydrogen (secondary N) is 1. The molecule has 2 aromatic heterocycles. The van der Waals surface area contributed by atoms with E-state index in [4.69, 9.17) is 14.2 Å². The van der Waals surface area contributed by atoms with Crippen LogP contribution in [0.15, 0.2) is 34.7 Å². The van der Waals surface area contributed by atoms with Crippen molar-refractivity contribution in [1.29, 1.82) is 0 Å². The molecule has 0 saturated heterocycles. The SMILES string of the molecule is CCCCOC(=O)c1csc2ncn(CC(=O)Nc3ccc(OC)cc3OC)c(=O)c12. The largest absolute Gasteiger partial charge is 0.497 e. The molecule has 0 saturated carbocycles. The number of nitrogens with zero attached hydrogens (tertiary/aromatic N) is 2. The Kier molecular flexibility index (Phi) is 7.24. The van der Waals surface area contributed by atoms with Crippen molar-refractivity contribution in [2.24, 2.45) is 0 Å². The second kappa shape index (κ2) is 10.1. The van der Waals surface area contributed by atoms with Crippen LogP contribution < -0.4 is 20.3 Å². The fraction of sp³-hybridized carbons (Fsp3) is 0.333. The maximum absolute atomic E-state index is 12.9. The van der Waals surface area contributed by atoms with Gasteiger partial charge in [0.1, 0.15) is 22.9 Å². The van der Waals surface area contributed by atoms with Crippen molar-refractivity contribution >= 4 is 39.1 Å². The first-order valence-electron chi connectivity index (χ1n) is 9.64. The quantitative estimate of drug-likeness (QED) is 0.398. The van der Waals surface area contributed by atoms with Gasteiger partial charge < -0.3 is 19.5 Å². The number of esters is 1. The second-order valence-electron chi connectivity index (χ2n) is 6.61. The molecule has 1 aromatic carbocycles. The zero-order valence-electron chi connectivity index (χ0n) is 17.5. The average Bonchev–Trinajstić information content (AvgIpc) is 3.21. The van der Waals surface area contributed by atoms with E-state index in [1.165, 1.54) is 31.9 Å². The van der Waals surface area contributed by atoms with Crippen LogP contribution >= 0.6 is 11.3 Å². The van der Waals surface area contributed by atoms with Crippen molar-refractivity contribution in [2.75, 3.05) is 26.1 Å². The summed E-state index contributed by atoms with van der Waals surface area (Å²) in [6.07, 6.45) is 2.92. The maximum atomic E-state index is 12.9. The summed E-state index contributed by atoms with van der Waals surface area (Å²) in [7, 11) is 3.01. The Hall–Kier alpha value is -3.40. The third kappa shape index (κ3) is 5.02. The number of hydrogen-bond donors (Lipinski definition) is 1. The lowest BCUT2D eigenvalue weighted by molar-refractivity contribution is -0.116. The summed E-state index contributed by atoms with van der Waals surface area (Å²) in [5.41, 5.74) is 0.122. The number of ether oxygens (including phenoxy) is 3. The first-order chi connectivity index (χ1) is 15.0. The number of benzene rings is 1. The second-order valence-corrected chi connectivity index (χ2v) is 7.47. The molecular formula is C21H23N3O6S. The molecule has 31 heavy (non-hydrogen) atoms. The Morgan fingerprint density at radius 2 is 2.03 bits per heavy atom. The monoisotopic (exact) mass is 445 g/mol. The minimum absolute atomic E-state index is 0.156. The zero-order valence-corrected chi connectivity index (χ0v) is 18.3. The first kappa shape index (κ1) is 22.3. The number of rotatable bonds is 9. The number of carbonyl (C=O) groups excluding carboxylic acids is 2. The number of amides is 1. The van der Waals surface area contributed by atoms with Gasteiger partial charge in [-0.2, -0.15) is 0 Å². The summed E-state index contributed by atoms with van der Waals surface area (Å²) in [5.74, 6) is -0.0158. The van der Waals surface area contributed by atoms with Crippen molar-refractivity contribution in [3.05, 3.63) is 45.8 Å². The molecule has 0 bridgehead atoms. The lowest BCUT2D eigenvalue weighted by Gasteiger charge is -2.12. The summed E-state index contributed by atoms with van der Waals surface area (Å²) < 4.78 is 16.8. The van der Waals surface area contributed by atoms with Gasteiger partial charge in [-0.1, -0.05) is 13.3 Å². The summed E-state index contributed by atoms with van der Waals surface area (Å²) >= 11 is 1.18. The molecule has 0 aliphatic rings. The van der Waals surface area contributed by atoms with Gasteiger partial charge in [0.05, 0.1) is 43.8 Å². The highest BCUT2D eigenvalue weighted by atomic mass is 32.1. The molecule has 0 fully saturated rings. The highest BCUT2D eigenvalue weighted by Crippen LogP contribution is 2.29. The number of hydrogen-bond acceptors (Lipinski definition) is 8. The molecule has 1 N–H and O–H groups in total. The summed E-state index contributed by atoms with van der Waals surface area (Å²) in [4.78, 5) is 42.5. The lowest BCUT2D eigenvalue weighted by atomic mass is 10.2. The van der Waals surface area contributed by atoms with Crippen molar-refractivity contribution in [1.82, 2.24) is 9.55 Å². The van der Waals surface area contributed by atoms with Gasteiger partial charge in [-0.15, -0.1) is 11.3 Å². The standard InChI is InChI=1S/C21H23N3O6S/c1-4-5-8-30-21(27)14-11-31-19-18(14)20(26)24(12-22-19)10-17(25)23-15-7-6-13(28-2)9-16(15)29-3/h6-7,9,11-12H,4-5,8,10H2,1-3H3,(H,23,25). The van der Waals surface area contributed by atoms with Crippen LogP contribution in [0.3, 0.4) is 0 Å². The molecule has 9 nitrogen and oxygen atoms in total. The number of thiophene rings is 1. The van der Waals surface area contributed by atoms with E-state index in [0.29, 0.717) is 22.0 Å². The predicted octanol–water partition coefficient (Wildman–Crippen LogP) is 3.07. The van der Waals surface area contributed by atoms with Gasteiger partial charge >= 0.3 is 5.97 Å². The number of aromatic nitrogens is 2. The number of anilines is 1. The third-order valence-corrected chi connectivity index (χ3v) is 5.39. The Morgan fingerprint density at radius 1 is 1.23 bits per heavy atom. The van der Waals surface area contributed by atoms with Crippen molar-refractivity contribution in [3.8, 4) is 11.5 Å². The smallest absolute Gasteiger partial charge is 0.339 e. The third-order valence-electron chi connectivity index (χ3n) is 4.51. The van der Waals surface area contributed by atoms with Gasteiger partial charge in [-0.3, -0.25) is 14.2 Å². The van der Waals surface area contributed by atoms with Crippen LogP contribution in [-0.4, -0.2) is 42.3 Å². The van der Waals surface area contributed by atoms with Crippen LogP contribution in [0.1, 0.15) is 30.1 Å². The number of unbranched alkanes of at least 4 members (excludes halogenated alkanes) is 1. The number of methoxy groups -OCH3 is 2. The average molecular weight is 445 g/mol. The van der Waals surface area contributed by atoms with E-state index in [-0.39, 0.29) is 24.1 Å². The molecule has 0 unspecified atom stereocenters. The normalized spacial score (nSPS) is 10.7. The van der Waals surface area contributed by atoms with Gasteiger partial charge in [0.15, 0.2) is 0 Å². The van der Waals surface area contributed by atoms with Crippen molar-refractivity contribution < 1.29 is 23.8 Å². The minimum atomic E-state index is -0.566. The van der Waals surface area contributed by atoms with E-state index in [1.807, 2.05) is 6.92 Å². The molecule has 1 amide bonds. The summed E-state index contributed by atoms with van der Waals surface area (Å²) in [5, 5.41) is 4.42. The first-order valence-corrected chi connectivity index (χ1v) is 10.5. The molecule has 2 heterocycles. The molecular weight excluding hydrogens is 422 g/mol. The van der Waals surface area contributed by atoms with Gasteiger partial charge in [0, 0.05) is 11.4 Å². The molecule has 0 atom stereocenters. The fourth-order valence-corrected chi connectivity index (χ4v) is 3.73. The minimum Gasteiger partial charge on any atom is -0.497 e. The fourth-order valence-electron chi connectivity index (χ4n) is 2.86. The van der Waals surface area contributed by atoms with Crippen LogP contribution in [0.4, 0.5) is 5.69 Å². The number of fused-ring (bicyclic) bond motifs is 1. The molecule has 0 aliphatic carbocycles. The zero-order chi connectivity index (χ0) is 22.4. The Morgan fingerprint density at radius 3 is 2.74 bits per heavy atom. The Bertz CT molecular complexity index is 1150. The predicted molar refractivity (Wildman–Crippen MR) is 117 cm³/mol. The molecule has 0 aliphatic heterocycles. The van der Waals surface area contributed by atoms with Gasteiger partial charge in [0.25, 0.3) is 5.56 Å². The summed E-state index contributed by atoms with van der Waals surface area (Å²) in [6.45, 7) is 1.99. The van der Waals surface area contributed by atoms with E-state index in [1.54, 1.807) is 23.6 Å². The highest BCUT2D eigenvalue weighted by Gasteiger charge is 2.19. The van der Waals surface area contributed by atoms with Crippen molar-refractivity contribution in [3.63, 3.8) is 0 Å². The van der Waals surface area contributed by atoms with Crippen molar-refractivity contribution in [2.45, 2.75) is 26.3 Å². The molecule has 164 valence electrons. The summed E-state index contributed by atoms with van der Waals surface area (Å²) in [6, 6.07) is 4.96. The van der Waals surface area contributed by atoms with E-state index in [2.05, 4.69) is 10.3 Å². The van der Waals surface area contributed by atoms with Crippen LogP contribution in [0.2, 0.25) is 0 Å². The van der Waals surface area contributed by atoms with E-state index in [0.717, 1.165) is 17.4 Å². The van der Waals surface area contributed by atoms with Gasteiger partial charge in [-0.05, 0) is 18.6 Å². The molecule has 3 rings (SSSR count). The Balaban J connectivity index is 1.81. The molecule has 0 spiro atoms. The van der Waals surface area contributed by atoms with E-state index >= 15 is 0 Å². The van der Waals surface area contributed by atoms with Crippen LogP contribution in [-0.2, 0) is 16.1 Å². The van der Waals surface area contributed by atoms with E-state index < -0.39 is 17.4 Å². The molecule has 0 radical (unpaired) electrons. The lowest BCUT2D eigenvalue weighted by Crippen LogP contribution is -2.28. The van der Waals surface area contributed by atoms with Crippen LogP contribution in [0.25, 0.3) is 10.2 Å². The van der Waals surface area contributed by atoms with Crippen LogP contribution in [0.5, 0.6) is 11.5 Å². The Labute approximate surface area is 182 Å². The topological polar surface area (TPSA) is 109 Å². The van der Waals surface area contributed by atoms with Crippen LogP contribution in [0, 0.1) is 0 Å². The highest BCUT2D eigenvalue weighted by molar-refractivity contribution is 7.17. The van der Waals surface area contributed by atoms with Gasteiger partial charge in [-0.25, -0.2) is 9.78 Å². The number of carbonyl (C=O) groups is 2.